The quantitative estimate of drug-likeness (QED) is 0.585. The molecule has 3 aliphatic rings. The predicted octanol–water partition coefficient (Wildman–Crippen LogP) is 2.85. The second kappa shape index (κ2) is 2.25. The molecule has 70 valence electrons. The molecule has 0 amide bonds. The lowest BCUT2D eigenvalue weighted by Gasteiger charge is -2.61. The highest BCUT2D eigenvalue weighted by atomic mass is 16.5. The van der Waals surface area contributed by atoms with Gasteiger partial charge in [-0.05, 0) is 43.4 Å². The first kappa shape index (κ1) is 8.55. The summed E-state index contributed by atoms with van der Waals surface area (Å²) in [5.41, 5.74) is 0.807. The molecule has 0 aromatic carbocycles. The van der Waals surface area contributed by atoms with Crippen molar-refractivity contribution in [3.8, 4) is 0 Å². The van der Waals surface area contributed by atoms with Gasteiger partial charge in [-0.25, -0.2) is 0 Å². The topological polar surface area (TPSA) is 9.23 Å². The van der Waals surface area contributed by atoms with Crippen LogP contribution in [0, 0.1) is 17.3 Å². The maximum Gasteiger partial charge on any atom is 0.0656 e. The van der Waals surface area contributed by atoms with Crippen LogP contribution in [0.1, 0.15) is 40.0 Å². The number of hydrogen-bond acceptors (Lipinski definition) is 1. The van der Waals surface area contributed by atoms with Crippen LogP contribution in [-0.4, -0.2) is 12.7 Å². The molecule has 3 saturated carbocycles. The van der Waals surface area contributed by atoms with E-state index in [9.17, 15) is 0 Å². The van der Waals surface area contributed by atoms with Gasteiger partial charge in [0.25, 0.3) is 0 Å². The van der Waals surface area contributed by atoms with Gasteiger partial charge in [-0.1, -0.05) is 13.8 Å². The summed E-state index contributed by atoms with van der Waals surface area (Å²) in [7, 11) is 1.86. The summed E-state index contributed by atoms with van der Waals surface area (Å²) in [6.45, 7) is 7.10. The van der Waals surface area contributed by atoms with Crippen molar-refractivity contribution < 1.29 is 4.74 Å². The van der Waals surface area contributed by atoms with Gasteiger partial charge in [-0.15, -0.1) is 0 Å². The van der Waals surface area contributed by atoms with Gasteiger partial charge in [0.15, 0.2) is 0 Å². The second-order valence-corrected chi connectivity index (χ2v) is 5.51. The zero-order valence-corrected chi connectivity index (χ0v) is 8.68. The summed E-state index contributed by atoms with van der Waals surface area (Å²) in [4.78, 5) is 0. The van der Waals surface area contributed by atoms with Crippen molar-refractivity contribution in [1.82, 2.24) is 0 Å². The Balaban J connectivity index is 2.10. The van der Waals surface area contributed by atoms with Crippen LogP contribution in [0.15, 0.2) is 0 Å². The number of methoxy groups -OCH3 is 1. The average Bonchev–Trinajstić information content (AvgIpc) is 2.04. The number of rotatable bonds is 1. The van der Waals surface area contributed by atoms with Crippen molar-refractivity contribution in [2.24, 2.45) is 17.3 Å². The van der Waals surface area contributed by atoms with Gasteiger partial charge < -0.3 is 4.74 Å². The van der Waals surface area contributed by atoms with E-state index in [0.29, 0.717) is 5.41 Å². The second-order valence-electron chi connectivity index (χ2n) is 5.51. The van der Waals surface area contributed by atoms with E-state index in [1.165, 1.54) is 19.3 Å². The standard InChI is InChI=1S/C11H20O/c1-10(2)8-5-9(10)7-11(3,6-8)12-4/h8-9H,5-7H2,1-4H3/t8-,9+,11?. The molecule has 3 fully saturated rings. The molecule has 0 aromatic heterocycles. The van der Waals surface area contributed by atoms with E-state index in [2.05, 4.69) is 20.8 Å². The van der Waals surface area contributed by atoms with Gasteiger partial charge in [-0.2, -0.15) is 0 Å². The fourth-order valence-corrected chi connectivity index (χ4v) is 3.11. The van der Waals surface area contributed by atoms with Crippen molar-refractivity contribution in [1.29, 1.82) is 0 Å². The smallest absolute Gasteiger partial charge is 0.0656 e. The molecule has 0 N–H and O–H groups in total. The average molecular weight is 168 g/mol. The number of ether oxygens (including phenoxy) is 1. The highest BCUT2D eigenvalue weighted by molar-refractivity contribution is 5.06. The first-order chi connectivity index (χ1) is 5.48. The molecule has 0 radical (unpaired) electrons. The molecule has 0 aromatic rings. The molecule has 3 aliphatic carbocycles. The third-order valence-corrected chi connectivity index (χ3v) is 4.52. The van der Waals surface area contributed by atoms with E-state index in [-0.39, 0.29) is 5.60 Å². The third-order valence-electron chi connectivity index (χ3n) is 4.52. The molecular weight excluding hydrogens is 148 g/mol. The lowest BCUT2D eigenvalue weighted by Crippen LogP contribution is -2.56. The van der Waals surface area contributed by atoms with Gasteiger partial charge >= 0.3 is 0 Å². The van der Waals surface area contributed by atoms with E-state index >= 15 is 0 Å². The number of fused-ring (bicyclic) bond motifs is 2. The molecule has 0 aliphatic heterocycles. The first-order valence-corrected chi connectivity index (χ1v) is 5.03. The minimum absolute atomic E-state index is 0.198. The molecule has 3 rings (SSSR count). The van der Waals surface area contributed by atoms with Gasteiger partial charge in [0, 0.05) is 7.11 Å². The molecule has 0 spiro atoms. The minimum atomic E-state index is 0.198. The molecule has 3 atom stereocenters. The molecule has 0 heterocycles. The fourth-order valence-electron chi connectivity index (χ4n) is 3.11. The molecule has 1 unspecified atom stereocenters. The predicted molar refractivity (Wildman–Crippen MR) is 50.0 cm³/mol. The highest BCUT2D eigenvalue weighted by Crippen LogP contribution is 2.62. The van der Waals surface area contributed by atoms with Gasteiger partial charge in [0.05, 0.1) is 5.60 Å². The summed E-state index contributed by atoms with van der Waals surface area (Å²) in [6.07, 6.45) is 3.99. The zero-order chi connectivity index (χ0) is 8.98. The van der Waals surface area contributed by atoms with Gasteiger partial charge in [0.2, 0.25) is 0 Å². The Labute approximate surface area is 75.5 Å². The van der Waals surface area contributed by atoms with E-state index in [0.717, 1.165) is 11.8 Å². The zero-order valence-electron chi connectivity index (χ0n) is 8.68. The van der Waals surface area contributed by atoms with Crippen molar-refractivity contribution in [3.63, 3.8) is 0 Å². The Kier molecular flexibility index (Phi) is 1.61. The minimum Gasteiger partial charge on any atom is -0.379 e. The van der Waals surface area contributed by atoms with E-state index in [4.69, 9.17) is 4.74 Å². The highest BCUT2D eigenvalue weighted by Gasteiger charge is 2.56. The van der Waals surface area contributed by atoms with Crippen molar-refractivity contribution in [3.05, 3.63) is 0 Å². The Morgan fingerprint density at radius 1 is 1.08 bits per heavy atom. The Bertz CT molecular complexity index is 181. The summed E-state index contributed by atoms with van der Waals surface area (Å²) in [5.74, 6) is 1.84. The maximum absolute atomic E-state index is 5.57. The van der Waals surface area contributed by atoms with Gasteiger partial charge in [-0.3, -0.25) is 0 Å². The molecule has 2 bridgehead atoms. The van der Waals surface area contributed by atoms with Crippen LogP contribution in [0.3, 0.4) is 0 Å². The first-order valence-electron chi connectivity index (χ1n) is 5.03. The van der Waals surface area contributed by atoms with Gasteiger partial charge in [0.1, 0.15) is 0 Å². The largest absolute Gasteiger partial charge is 0.379 e. The monoisotopic (exact) mass is 168 g/mol. The normalized spacial score (nSPS) is 50.0. The molecule has 0 saturated heterocycles. The Morgan fingerprint density at radius 3 is 1.92 bits per heavy atom. The molecule has 12 heavy (non-hydrogen) atoms. The number of hydrogen-bond donors (Lipinski definition) is 0. The van der Waals surface area contributed by atoms with E-state index < -0.39 is 0 Å². The van der Waals surface area contributed by atoms with E-state index in [1.54, 1.807) is 0 Å². The third kappa shape index (κ3) is 0.953. The summed E-state index contributed by atoms with van der Waals surface area (Å²) < 4.78 is 5.57. The van der Waals surface area contributed by atoms with Crippen molar-refractivity contribution >= 4 is 0 Å². The summed E-state index contributed by atoms with van der Waals surface area (Å²) in [6, 6.07) is 0. The van der Waals surface area contributed by atoms with Crippen LogP contribution >= 0.6 is 0 Å². The summed E-state index contributed by atoms with van der Waals surface area (Å²) in [5, 5.41) is 0. The van der Waals surface area contributed by atoms with Crippen LogP contribution in [0.4, 0.5) is 0 Å². The van der Waals surface area contributed by atoms with Crippen LogP contribution in [0.5, 0.6) is 0 Å². The molecule has 1 nitrogen and oxygen atoms in total. The Morgan fingerprint density at radius 2 is 1.58 bits per heavy atom. The Hall–Kier alpha value is -0.0400. The van der Waals surface area contributed by atoms with Crippen LogP contribution in [0.2, 0.25) is 0 Å². The lowest BCUT2D eigenvalue weighted by atomic mass is 9.46. The maximum atomic E-state index is 5.57. The lowest BCUT2D eigenvalue weighted by molar-refractivity contribution is -0.170. The van der Waals surface area contributed by atoms with E-state index in [1.807, 2.05) is 7.11 Å². The van der Waals surface area contributed by atoms with Crippen molar-refractivity contribution in [2.75, 3.05) is 7.11 Å². The SMILES string of the molecule is COC1(C)C[C@H]2C[C@@H](C1)C2(C)C. The van der Waals surface area contributed by atoms with Crippen LogP contribution < -0.4 is 0 Å². The van der Waals surface area contributed by atoms with Crippen LogP contribution in [0.25, 0.3) is 0 Å². The summed E-state index contributed by atoms with van der Waals surface area (Å²) >= 11 is 0. The molecule has 1 heteroatoms. The molecular formula is C11H20O. The van der Waals surface area contributed by atoms with Crippen LogP contribution in [-0.2, 0) is 4.74 Å². The van der Waals surface area contributed by atoms with Crippen molar-refractivity contribution in [2.45, 2.75) is 45.6 Å². The fraction of sp³-hybridized carbons (Fsp3) is 1.00.